The summed E-state index contributed by atoms with van der Waals surface area (Å²) < 4.78 is 0. The van der Waals surface area contributed by atoms with Crippen LogP contribution in [0, 0.1) is 0 Å². The van der Waals surface area contributed by atoms with E-state index in [2.05, 4.69) is 5.32 Å². The lowest BCUT2D eigenvalue weighted by molar-refractivity contribution is 0.215. The number of carbonyl (C=O) groups is 1. The number of carbonyl (C=O) groups excluding carboxylic acids is 1. The van der Waals surface area contributed by atoms with Gasteiger partial charge in [-0.05, 0) is 6.92 Å². The van der Waals surface area contributed by atoms with Gasteiger partial charge in [0, 0.05) is 13.1 Å². The molecular formula is C5H9ClN2O. The largest absolute Gasteiger partial charge is 0.336 e. The molecule has 9 heavy (non-hydrogen) atoms. The summed E-state index contributed by atoms with van der Waals surface area (Å²) in [5.41, 5.74) is -0.188. The summed E-state index contributed by atoms with van der Waals surface area (Å²) in [6, 6.07) is -0.0579. The summed E-state index contributed by atoms with van der Waals surface area (Å²) in [6.45, 7) is 3.23. The Morgan fingerprint density at radius 1 is 1.89 bits per heavy atom. The first-order valence-corrected chi connectivity index (χ1v) is 3.34. The summed E-state index contributed by atoms with van der Waals surface area (Å²) >= 11 is 5.64. The second-order valence-electron chi connectivity index (χ2n) is 2.00. The first-order valence-electron chi connectivity index (χ1n) is 2.90. The molecule has 0 saturated carbocycles. The van der Waals surface area contributed by atoms with Gasteiger partial charge >= 0.3 is 6.03 Å². The zero-order valence-electron chi connectivity index (χ0n) is 5.22. The Morgan fingerprint density at radius 3 is 2.78 bits per heavy atom. The monoisotopic (exact) mass is 148 g/mol. The van der Waals surface area contributed by atoms with Crippen LogP contribution in [0.2, 0.25) is 0 Å². The van der Waals surface area contributed by atoms with Gasteiger partial charge in [-0.2, -0.15) is 0 Å². The van der Waals surface area contributed by atoms with Gasteiger partial charge in [-0.1, -0.05) is 11.6 Å². The predicted molar refractivity (Wildman–Crippen MR) is 35.4 cm³/mol. The Hall–Kier alpha value is -0.440. The molecule has 1 atom stereocenters. The second-order valence-corrected chi connectivity index (χ2v) is 2.63. The lowest BCUT2D eigenvalue weighted by Crippen LogP contribution is -2.32. The summed E-state index contributed by atoms with van der Waals surface area (Å²) in [7, 11) is 0. The van der Waals surface area contributed by atoms with Crippen molar-refractivity contribution in [3.63, 3.8) is 0 Å². The molecule has 0 bridgehead atoms. The topological polar surface area (TPSA) is 32.3 Å². The molecule has 0 radical (unpaired) electrons. The average Bonchev–Trinajstić information content (AvgIpc) is 2.13. The number of urea groups is 1. The zero-order valence-corrected chi connectivity index (χ0v) is 5.98. The summed E-state index contributed by atoms with van der Waals surface area (Å²) in [6.07, 6.45) is 0. The average molecular weight is 149 g/mol. The highest BCUT2D eigenvalue weighted by atomic mass is 35.5. The highest BCUT2D eigenvalue weighted by Gasteiger charge is 2.22. The van der Waals surface area contributed by atoms with Crippen molar-refractivity contribution < 1.29 is 4.79 Å². The van der Waals surface area contributed by atoms with Gasteiger partial charge in [0.1, 0.15) is 5.50 Å². The molecule has 1 saturated heterocycles. The van der Waals surface area contributed by atoms with E-state index in [1.165, 1.54) is 0 Å². The van der Waals surface area contributed by atoms with Crippen LogP contribution in [-0.2, 0) is 0 Å². The van der Waals surface area contributed by atoms with E-state index in [0.29, 0.717) is 0 Å². The standard InChI is InChI=1S/C5H9ClN2O/c1-4(6)8-3-2-7-5(8)9/h4H,2-3H2,1H3,(H,7,9). The lowest BCUT2D eigenvalue weighted by Gasteiger charge is -2.15. The van der Waals surface area contributed by atoms with Gasteiger partial charge in [0.05, 0.1) is 0 Å². The molecule has 52 valence electrons. The third-order valence-corrected chi connectivity index (χ3v) is 1.55. The highest BCUT2D eigenvalue weighted by molar-refractivity contribution is 6.21. The van der Waals surface area contributed by atoms with Crippen LogP contribution >= 0.6 is 11.6 Å². The number of amides is 2. The predicted octanol–water partition coefficient (Wildman–Crippen LogP) is 0.596. The number of nitrogens with zero attached hydrogens (tertiary/aromatic N) is 1. The molecule has 0 aliphatic carbocycles. The van der Waals surface area contributed by atoms with Crippen molar-refractivity contribution in [3.05, 3.63) is 0 Å². The fourth-order valence-electron chi connectivity index (χ4n) is 0.826. The second kappa shape index (κ2) is 2.43. The summed E-state index contributed by atoms with van der Waals surface area (Å²) in [5.74, 6) is 0. The SMILES string of the molecule is CC(Cl)N1CCNC1=O. The maximum absolute atomic E-state index is 10.7. The molecule has 1 aliphatic rings. The third kappa shape index (κ3) is 1.27. The molecule has 0 aromatic carbocycles. The van der Waals surface area contributed by atoms with E-state index >= 15 is 0 Å². The van der Waals surface area contributed by atoms with Crippen molar-refractivity contribution in [2.24, 2.45) is 0 Å². The van der Waals surface area contributed by atoms with Gasteiger partial charge in [0.15, 0.2) is 0 Å². The van der Waals surface area contributed by atoms with Crippen molar-refractivity contribution in [1.82, 2.24) is 10.2 Å². The van der Waals surface area contributed by atoms with Crippen molar-refractivity contribution in [2.75, 3.05) is 13.1 Å². The summed E-state index contributed by atoms with van der Waals surface area (Å²) in [4.78, 5) is 12.3. The Kier molecular flexibility index (Phi) is 1.81. The lowest BCUT2D eigenvalue weighted by atomic mass is 10.6. The van der Waals surface area contributed by atoms with Crippen LogP contribution in [0.15, 0.2) is 0 Å². The first-order chi connectivity index (χ1) is 4.22. The number of halogens is 1. The Bertz CT molecular complexity index is 126. The molecule has 1 rings (SSSR count). The van der Waals surface area contributed by atoms with Crippen LogP contribution in [0.1, 0.15) is 6.92 Å². The van der Waals surface area contributed by atoms with Gasteiger partial charge in [-0.3, -0.25) is 0 Å². The summed E-state index contributed by atoms with van der Waals surface area (Å²) in [5, 5.41) is 2.65. The minimum absolute atomic E-state index is 0.0579. The number of rotatable bonds is 1. The number of hydrogen-bond acceptors (Lipinski definition) is 1. The maximum atomic E-state index is 10.7. The quantitative estimate of drug-likeness (QED) is 0.429. The van der Waals surface area contributed by atoms with Gasteiger partial charge in [0.2, 0.25) is 0 Å². The van der Waals surface area contributed by atoms with Gasteiger partial charge in [0.25, 0.3) is 0 Å². The minimum atomic E-state index is -0.188. The van der Waals surface area contributed by atoms with E-state index in [0.717, 1.165) is 13.1 Å². The fourth-order valence-corrected chi connectivity index (χ4v) is 1.01. The van der Waals surface area contributed by atoms with Crippen LogP contribution in [0.3, 0.4) is 0 Å². The molecule has 1 aliphatic heterocycles. The van der Waals surface area contributed by atoms with Crippen molar-refractivity contribution in [3.8, 4) is 0 Å². The van der Waals surface area contributed by atoms with Gasteiger partial charge in [-0.25, -0.2) is 4.79 Å². The van der Waals surface area contributed by atoms with Crippen LogP contribution < -0.4 is 5.32 Å². The molecule has 3 nitrogen and oxygen atoms in total. The molecule has 1 N–H and O–H groups in total. The van der Waals surface area contributed by atoms with Crippen molar-refractivity contribution in [1.29, 1.82) is 0 Å². The number of nitrogens with one attached hydrogen (secondary N) is 1. The van der Waals surface area contributed by atoms with Crippen LogP contribution in [-0.4, -0.2) is 29.5 Å². The van der Waals surface area contributed by atoms with E-state index in [-0.39, 0.29) is 11.5 Å². The fraction of sp³-hybridized carbons (Fsp3) is 0.800. The van der Waals surface area contributed by atoms with Gasteiger partial charge in [-0.15, -0.1) is 0 Å². The molecule has 1 fully saturated rings. The smallest absolute Gasteiger partial charge is 0.318 e. The van der Waals surface area contributed by atoms with E-state index < -0.39 is 0 Å². The maximum Gasteiger partial charge on any atom is 0.318 e. The first kappa shape index (κ1) is 6.68. The van der Waals surface area contributed by atoms with E-state index in [9.17, 15) is 4.79 Å². The van der Waals surface area contributed by atoms with Gasteiger partial charge < -0.3 is 10.2 Å². The normalized spacial score (nSPS) is 22.0. The van der Waals surface area contributed by atoms with E-state index in [1.807, 2.05) is 0 Å². The van der Waals surface area contributed by atoms with Crippen molar-refractivity contribution in [2.45, 2.75) is 12.4 Å². The zero-order chi connectivity index (χ0) is 6.85. The minimum Gasteiger partial charge on any atom is -0.336 e. The van der Waals surface area contributed by atoms with E-state index in [4.69, 9.17) is 11.6 Å². The molecule has 1 heterocycles. The number of hydrogen-bond donors (Lipinski definition) is 1. The van der Waals surface area contributed by atoms with E-state index in [1.54, 1.807) is 11.8 Å². The highest BCUT2D eigenvalue weighted by Crippen LogP contribution is 2.06. The molecule has 1 unspecified atom stereocenters. The molecule has 2 amide bonds. The Labute approximate surface area is 59.0 Å². The Balaban J connectivity index is 2.49. The molecule has 4 heteroatoms. The van der Waals surface area contributed by atoms with Crippen LogP contribution in [0.4, 0.5) is 4.79 Å². The van der Waals surface area contributed by atoms with Crippen LogP contribution in [0.25, 0.3) is 0 Å². The molecular weight excluding hydrogens is 140 g/mol. The molecule has 0 spiro atoms. The molecule has 0 aromatic rings. The molecule has 0 aromatic heterocycles. The number of alkyl halides is 1. The van der Waals surface area contributed by atoms with Crippen molar-refractivity contribution >= 4 is 17.6 Å². The third-order valence-electron chi connectivity index (χ3n) is 1.32. The van der Waals surface area contributed by atoms with Crippen LogP contribution in [0.5, 0.6) is 0 Å². The Morgan fingerprint density at radius 2 is 2.56 bits per heavy atom.